The second-order valence-electron chi connectivity index (χ2n) is 7.28. The summed E-state index contributed by atoms with van der Waals surface area (Å²) < 4.78 is 16.2. The summed E-state index contributed by atoms with van der Waals surface area (Å²) in [5, 5.41) is 15.0. The molecule has 27 heavy (non-hydrogen) atoms. The normalized spacial score (nSPS) is 15.6. The Morgan fingerprint density at radius 1 is 1.26 bits per heavy atom. The van der Waals surface area contributed by atoms with Crippen molar-refractivity contribution in [2.75, 3.05) is 13.1 Å². The van der Waals surface area contributed by atoms with Crippen molar-refractivity contribution in [3.63, 3.8) is 0 Å². The lowest BCUT2D eigenvalue weighted by molar-refractivity contribution is 0.559. The molecule has 1 fully saturated rings. The third-order valence-corrected chi connectivity index (χ3v) is 5.28. The van der Waals surface area contributed by atoms with Crippen molar-refractivity contribution in [3.8, 4) is 0 Å². The Bertz CT molecular complexity index is 794. The molecule has 1 aromatic carbocycles. The Morgan fingerprint density at radius 3 is 2.67 bits per heavy atom. The van der Waals surface area contributed by atoms with E-state index < -0.39 is 0 Å². The van der Waals surface area contributed by atoms with Gasteiger partial charge in [-0.05, 0) is 37.8 Å². The van der Waals surface area contributed by atoms with Crippen molar-refractivity contribution < 1.29 is 4.39 Å². The lowest BCUT2D eigenvalue weighted by Gasteiger charge is -2.20. The predicted octanol–water partition coefficient (Wildman–Crippen LogP) is 2.83. The Hall–Kier alpha value is -2.44. The van der Waals surface area contributed by atoms with Crippen LogP contribution in [0, 0.1) is 12.7 Å². The number of guanidine groups is 1. The highest BCUT2D eigenvalue weighted by Crippen LogP contribution is 2.48. The van der Waals surface area contributed by atoms with Crippen LogP contribution in [-0.2, 0) is 19.0 Å². The molecule has 7 heteroatoms. The van der Waals surface area contributed by atoms with Crippen LogP contribution in [0.4, 0.5) is 4.39 Å². The SMILES string of the molecule is CCCCNC(=NCc1nnc(C)n1C)NCC1(c2ccccc2F)CC1. The van der Waals surface area contributed by atoms with Gasteiger partial charge in [0.2, 0.25) is 0 Å². The van der Waals surface area contributed by atoms with Crippen LogP contribution in [0.3, 0.4) is 0 Å². The van der Waals surface area contributed by atoms with Crippen LogP contribution in [0.25, 0.3) is 0 Å². The summed E-state index contributed by atoms with van der Waals surface area (Å²) in [4.78, 5) is 4.66. The van der Waals surface area contributed by atoms with E-state index in [1.54, 1.807) is 12.1 Å². The molecule has 1 aromatic heterocycles. The molecule has 0 bridgehead atoms. The summed E-state index contributed by atoms with van der Waals surface area (Å²) in [5.74, 6) is 2.31. The predicted molar refractivity (Wildman–Crippen MR) is 105 cm³/mol. The van der Waals surface area contributed by atoms with Gasteiger partial charge >= 0.3 is 0 Å². The molecule has 146 valence electrons. The van der Waals surface area contributed by atoms with Crippen molar-refractivity contribution in [2.24, 2.45) is 12.0 Å². The van der Waals surface area contributed by atoms with Crippen LogP contribution in [0.1, 0.15) is 49.8 Å². The molecule has 0 aliphatic heterocycles. The first-order valence-corrected chi connectivity index (χ1v) is 9.68. The summed E-state index contributed by atoms with van der Waals surface area (Å²) in [6.45, 7) is 6.05. The average Bonchev–Trinajstić information content (AvgIpc) is 3.39. The monoisotopic (exact) mass is 372 g/mol. The molecule has 0 unspecified atom stereocenters. The minimum atomic E-state index is -0.125. The molecule has 0 amide bonds. The van der Waals surface area contributed by atoms with E-state index in [0.717, 1.165) is 55.4 Å². The van der Waals surface area contributed by atoms with E-state index in [9.17, 15) is 4.39 Å². The van der Waals surface area contributed by atoms with Gasteiger partial charge in [0.25, 0.3) is 0 Å². The second-order valence-corrected chi connectivity index (χ2v) is 7.28. The highest BCUT2D eigenvalue weighted by molar-refractivity contribution is 5.80. The number of aliphatic imine (C=N–C) groups is 1. The first-order chi connectivity index (χ1) is 13.1. The van der Waals surface area contributed by atoms with Gasteiger partial charge in [0, 0.05) is 25.6 Å². The lowest BCUT2D eigenvalue weighted by atomic mass is 9.95. The molecule has 1 heterocycles. The van der Waals surface area contributed by atoms with Gasteiger partial charge < -0.3 is 15.2 Å². The van der Waals surface area contributed by atoms with E-state index in [4.69, 9.17) is 0 Å². The molecule has 0 atom stereocenters. The average molecular weight is 372 g/mol. The number of benzene rings is 1. The fourth-order valence-electron chi connectivity index (χ4n) is 3.13. The van der Waals surface area contributed by atoms with Gasteiger partial charge in [-0.15, -0.1) is 10.2 Å². The number of aryl methyl sites for hydroxylation is 1. The number of nitrogens with one attached hydrogen (secondary N) is 2. The number of nitrogens with zero attached hydrogens (tertiary/aromatic N) is 4. The van der Waals surface area contributed by atoms with Gasteiger partial charge in [0.05, 0.1) is 0 Å². The van der Waals surface area contributed by atoms with Gasteiger partial charge in [-0.1, -0.05) is 31.5 Å². The Balaban J connectivity index is 1.67. The van der Waals surface area contributed by atoms with E-state index in [1.165, 1.54) is 0 Å². The molecule has 1 aliphatic rings. The van der Waals surface area contributed by atoms with Crippen molar-refractivity contribution in [3.05, 3.63) is 47.3 Å². The van der Waals surface area contributed by atoms with Crippen LogP contribution in [0.5, 0.6) is 0 Å². The van der Waals surface area contributed by atoms with Crippen LogP contribution < -0.4 is 10.6 Å². The van der Waals surface area contributed by atoms with Crippen molar-refractivity contribution >= 4 is 5.96 Å². The third kappa shape index (κ3) is 4.64. The molecule has 2 N–H and O–H groups in total. The fourth-order valence-corrected chi connectivity index (χ4v) is 3.13. The molecule has 2 aromatic rings. The highest BCUT2D eigenvalue weighted by Gasteiger charge is 2.45. The summed E-state index contributed by atoms with van der Waals surface area (Å²) in [6, 6.07) is 7.09. The topological polar surface area (TPSA) is 67.1 Å². The maximum atomic E-state index is 14.2. The number of hydrogen-bond acceptors (Lipinski definition) is 3. The van der Waals surface area contributed by atoms with Crippen LogP contribution in [-0.4, -0.2) is 33.8 Å². The molecule has 3 rings (SSSR count). The van der Waals surface area contributed by atoms with E-state index in [2.05, 4.69) is 32.7 Å². The first-order valence-electron chi connectivity index (χ1n) is 9.68. The first kappa shape index (κ1) is 19.3. The molecule has 0 radical (unpaired) electrons. The Kier molecular flexibility index (Phi) is 6.08. The zero-order valence-electron chi connectivity index (χ0n) is 16.4. The van der Waals surface area contributed by atoms with Crippen LogP contribution >= 0.6 is 0 Å². The number of halogens is 1. The quantitative estimate of drug-likeness (QED) is 0.425. The number of hydrogen-bond donors (Lipinski definition) is 2. The van der Waals surface area contributed by atoms with E-state index in [-0.39, 0.29) is 11.2 Å². The van der Waals surface area contributed by atoms with Gasteiger partial charge in [-0.2, -0.15) is 0 Å². The summed E-state index contributed by atoms with van der Waals surface area (Å²) in [7, 11) is 1.94. The minimum absolute atomic E-state index is 0.121. The van der Waals surface area contributed by atoms with Gasteiger partial charge in [-0.25, -0.2) is 9.38 Å². The summed E-state index contributed by atoms with van der Waals surface area (Å²) in [6.07, 6.45) is 4.17. The standard InChI is InChI=1S/C20H29FN6/c1-4-5-12-22-19(23-13-18-26-25-15(2)27(18)3)24-14-20(10-11-20)16-8-6-7-9-17(16)21/h6-9H,4-5,10-14H2,1-3H3,(H2,22,23,24). The fraction of sp³-hybridized carbons (Fsp3) is 0.550. The molecule has 0 saturated heterocycles. The summed E-state index contributed by atoms with van der Waals surface area (Å²) >= 11 is 0. The van der Waals surface area contributed by atoms with Gasteiger partial charge in [0.1, 0.15) is 18.2 Å². The number of unbranched alkanes of at least 4 members (excludes halogenated alkanes) is 1. The van der Waals surface area contributed by atoms with Crippen molar-refractivity contribution in [2.45, 2.75) is 51.5 Å². The minimum Gasteiger partial charge on any atom is -0.356 e. The van der Waals surface area contributed by atoms with Crippen molar-refractivity contribution in [1.82, 2.24) is 25.4 Å². The van der Waals surface area contributed by atoms with E-state index >= 15 is 0 Å². The third-order valence-electron chi connectivity index (χ3n) is 5.28. The Morgan fingerprint density at radius 2 is 2.04 bits per heavy atom. The molecule has 1 saturated carbocycles. The lowest BCUT2D eigenvalue weighted by Crippen LogP contribution is -2.42. The molecular formula is C20H29FN6. The zero-order chi connectivity index (χ0) is 19.3. The van der Waals surface area contributed by atoms with E-state index in [0.29, 0.717) is 13.1 Å². The molecular weight excluding hydrogens is 343 g/mol. The molecule has 6 nitrogen and oxygen atoms in total. The number of rotatable bonds is 8. The highest BCUT2D eigenvalue weighted by atomic mass is 19.1. The van der Waals surface area contributed by atoms with Crippen LogP contribution in [0.2, 0.25) is 0 Å². The smallest absolute Gasteiger partial charge is 0.191 e. The van der Waals surface area contributed by atoms with E-state index in [1.807, 2.05) is 30.7 Å². The maximum Gasteiger partial charge on any atom is 0.191 e. The van der Waals surface area contributed by atoms with Crippen molar-refractivity contribution in [1.29, 1.82) is 0 Å². The second kappa shape index (κ2) is 8.50. The van der Waals surface area contributed by atoms with Crippen LogP contribution in [0.15, 0.2) is 29.3 Å². The Labute approximate surface area is 160 Å². The molecule has 0 spiro atoms. The largest absolute Gasteiger partial charge is 0.356 e. The summed E-state index contributed by atoms with van der Waals surface area (Å²) in [5.41, 5.74) is 0.675. The maximum absolute atomic E-state index is 14.2. The zero-order valence-corrected chi connectivity index (χ0v) is 16.4. The van der Waals surface area contributed by atoms with Gasteiger partial charge in [0.15, 0.2) is 11.8 Å². The van der Waals surface area contributed by atoms with Gasteiger partial charge in [-0.3, -0.25) is 0 Å². The molecule has 1 aliphatic carbocycles. The number of aromatic nitrogens is 3.